The van der Waals surface area contributed by atoms with Gasteiger partial charge in [-0.25, -0.2) is 10.8 Å². The van der Waals surface area contributed by atoms with Crippen LogP contribution in [0.5, 0.6) is 5.88 Å². The molecule has 1 aromatic rings. The average molecular weight is 241 g/mol. The van der Waals surface area contributed by atoms with Crippen molar-refractivity contribution in [2.75, 3.05) is 18.6 Å². The lowest BCUT2D eigenvalue weighted by Crippen LogP contribution is -2.39. The second-order valence-corrected chi connectivity index (χ2v) is 3.47. The van der Waals surface area contributed by atoms with E-state index >= 15 is 0 Å². The Morgan fingerprint density at radius 2 is 2.29 bits per heavy atom. The Morgan fingerprint density at radius 3 is 2.76 bits per heavy atom. The molecule has 1 aromatic heterocycles. The van der Waals surface area contributed by atoms with Gasteiger partial charge in [0.2, 0.25) is 5.95 Å². The molecule has 92 valence electrons. The van der Waals surface area contributed by atoms with Gasteiger partial charge in [-0.15, -0.1) is 0 Å². The van der Waals surface area contributed by atoms with Crippen molar-refractivity contribution in [2.45, 2.75) is 13.0 Å². The molecule has 0 radical (unpaired) electrons. The van der Waals surface area contributed by atoms with E-state index in [2.05, 4.69) is 15.4 Å². The number of ether oxygens (including phenoxy) is 2. The number of nitrogen functional groups attached to an aromatic ring is 1. The Hall–Kier alpha value is -2.00. The summed E-state index contributed by atoms with van der Waals surface area (Å²) in [6.45, 7) is 2.28. The highest BCUT2D eigenvalue weighted by Gasteiger charge is 2.29. The van der Waals surface area contributed by atoms with Crippen LogP contribution in [-0.4, -0.2) is 34.2 Å². The molecule has 0 bridgehead atoms. The summed E-state index contributed by atoms with van der Waals surface area (Å²) in [5.74, 6) is 5.14. The number of hydrogen-bond acceptors (Lipinski definition) is 8. The van der Waals surface area contributed by atoms with Gasteiger partial charge in [0.1, 0.15) is 11.8 Å². The molecule has 1 aliphatic heterocycles. The van der Waals surface area contributed by atoms with Crippen LogP contribution in [0.25, 0.3) is 0 Å². The zero-order valence-corrected chi connectivity index (χ0v) is 9.04. The van der Waals surface area contributed by atoms with E-state index in [9.17, 15) is 10.1 Å². The molecule has 0 spiro atoms. The monoisotopic (exact) mass is 241 g/mol. The summed E-state index contributed by atoms with van der Waals surface area (Å²) in [7, 11) is 0. The summed E-state index contributed by atoms with van der Waals surface area (Å²) in [6, 6.07) is 0. The third-order valence-electron chi connectivity index (χ3n) is 2.22. The first-order valence-electron chi connectivity index (χ1n) is 4.86. The molecular formula is C8H11N5O4. The van der Waals surface area contributed by atoms with Crippen LogP contribution in [0, 0.1) is 17.0 Å². The number of nitrogens with zero attached hydrogens (tertiary/aromatic N) is 3. The number of aromatic nitrogens is 2. The fraction of sp³-hybridized carbons (Fsp3) is 0.500. The number of hydrogen-bond donors (Lipinski definition) is 2. The number of nitrogens with one attached hydrogen (secondary N) is 1. The lowest BCUT2D eigenvalue weighted by Gasteiger charge is -2.26. The molecule has 1 fully saturated rings. The van der Waals surface area contributed by atoms with Crippen molar-refractivity contribution in [3.63, 3.8) is 0 Å². The van der Waals surface area contributed by atoms with Crippen LogP contribution in [0.15, 0.2) is 0 Å². The van der Waals surface area contributed by atoms with E-state index in [0.29, 0.717) is 13.2 Å². The molecule has 9 heteroatoms. The van der Waals surface area contributed by atoms with Crippen molar-refractivity contribution in [3.05, 3.63) is 15.8 Å². The van der Waals surface area contributed by atoms with Gasteiger partial charge in [-0.05, 0) is 6.92 Å². The van der Waals surface area contributed by atoms with E-state index in [0.717, 1.165) is 0 Å². The summed E-state index contributed by atoms with van der Waals surface area (Å²) in [5, 5.41) is 10.9. The highest BCUT2D eigenvalue weighted by atomic mass is 16.6. The largest absolute Gasteiger partial charge is 0.464 e. The lowest BCUT2D eigenvalue weighted by molar-refractivity contribution is -0.387. The fourth-order valence-corrected chi connectivity index (χ4v) is 1.34. The zero-order chi connectivity index (χ0) is 12.4. The van der Waals surface area contributed by atoms with Crippen molar-refractivity contribution in [3.8, 4) is 5.88 Å². The molecule has 0 aromatic carbocycles. The van der Waals surface area contributed by atoms with Crippen molar-refractivity contribution in [2.24, 2.45) is 5.84 Å². The molecule has 0 saturated carbocycles. The van der Waals surface area contributed by atoms with Crippen molar-refractivity contribution in [1.29, 1.82) is 0 Å². The van der Waals surface area contributed by atoms with Gasteiger partial charge < -0.3 is 9.47 Å². The quantitative estimate of drug-likeness (QED) is 0.420. The minimum absolute atomic E-state index is 0.0725. The number of nitro groups is 1. The maximum atomic E-state index is 10.9. The minimum atomic E-state index is -0.579. The Labute approximate surface area is 96.1 Å². The molecule has 0 unspecified atom stereocenters. The van der Waals surface area contributed by atoms with Crippen LogP contribution in [0.4, 0.5) is 11.6 Å². The molecule has 9 nitrogen and oxygen atoms in total. The van der Waals surface area contributed by atoms with E-state index in [4.69, 9.17) is 15.3 Å². The molecular weight excluding hydrogens is 230 g/mol. The first kappa shape index (κ1) is 11.5. The second kappa shape index (κ2) is 4.47. The van der Waals surface area contributed by atoms with Gasteiger partial charge in [-0.2, -0.15) is 4.98 Å². The minimum Gasteiger partial charge on any atom is -0.464 e. The Morgan fingerprint density at radius 1 is 1.59 bits per heavy atom. The van der Waals surface area contributed by atoms with Crippen molar-refractivity contribution in [1.82, 2.24) is 9.97 Å². The maximum absolute atomic E-state index is 10.9. The topological polar surface area (TPSA) is 125 Å². The van der Waals surface area contributed by atoms with Crippen LogP contribution in [0.3, 0.4) is 0 Å². The number of rotatable bonds is 4. The molecule has 2 heterocycles. The van der Waals surface area contributed by atoms with Crippen LogP contribution in [0.2, 0.25) is 0 Å². The van der Waals surface area contributed by atoms with Gasteiger partial charge in [0.05, 0.1) is 18.1 Å². The van der Waals surface area contributed by atoms with Gasteiger partial charge in [0, 0.05) is 0 Å². The fourth-order valence-electron chi connectivity index (χ4n) is 1.34. The van der Waals surface area contributed by atoms with Crippen molar-refractivity contribution < 1.29 is 14.4 Å². The standard InChI is InChI=1S/C8H11N5O4/c1-4-6(13(14)15)7(11-8(10-4)12-9)17-5-2-16-3-5/h5H,2-3,9H2,1H3,(H,10,11,12). The first-order valence-corrected chi connectivity index (χ1v) is 4.86. The molecule has 1 aliphatic rings. The smallest absolute Gasteiger partial charge is 0.352 e. The molecule has 0 aliphatic carbocycles. The second-order valence-electron chi connectivity index (χ2n) is 3.47. The molecule has 2 rings (SSSR count). The zero-order valence-electron chi connectivity index (χ0n) is 9.04. The van der Waals surface area contributed by atoms with E-state index in [1.165, 1.54) is 6.92 Å². The van der Waals surface area contributed by atoms with E-state index in [-0.39, 0.29) is 29.3 Å². The van der Waals surface area contributed by atoms with Gasteiger partial charge in [-0.1, -0.05) is 0 Å². The SMILES string of the molecule is Cc1nc(NN)nc(OC2COC2)c1[N+](=O)[O-]. The number of hydrazine groups is 1. The number of anilines is 1. The van der Waals surface area contributed by atoms with E-state index in [1.807, 2.05) is 0 Å². The third-order valence-corrected chi connectivity index (χ3v) is 2.22. The van der Waals surface area contributed by atoms with Crippen LogP contribution < -0.4 is 16.0 Å². The Bertz CT molecular complexity index is 448. The molecule has 0 amide bonds. The number of nitrogens with two attached hydrogens (primary N) is 1. The highest BCUT2D eigenvalue weighted by Crippen LogP contribution is 2.30. The van der Waals surface area contributed by atoms with Crippen LogP contribution >= 0.6 is 0 Å². The summed E-state index contributed by atoms with van der Waals surface area (Å²) < 4.78 is 10.3. The van der Waals surface area contributed by atoms with Gasteiger partial charge in [-0.3, -0.25) is 15.5 Å². The summed E-state index contributed by atoms with van der Waals surface area (Å²) in [5.41, 5.74) is 2.16. The number of aryl methyl sites for hydroxylation is 1. The van der Waals surface area contributed by atoms with E-state index in [1.54, 1.807) is 0 Å². The van der Waals surface area contributed by atoms with Crippen molar-refractivity contribution >= 4 is 11.6 Å². The predicted octanol–water partition coefficient (Wildman–Crippen LogP) is -0.244. The van der Waals surface area contributed by atoms with Gasteiger partial charge in [0.15, 0.2) is 0 Å². The Kier molecular flexibility index (Phi) is 3.02. The molecule has 17 heavy (non-hydrogen) atoms. The summed E-state index contributed by atoms with van der Waals surface area (Å²) in [6.07, 6.45) is -0.214. The molecule has 3 N–H and O–H groups in total. The molecule has 0 atom stereocenters. The predicted molar refractivity (Wildman–Crippen MR) is 56.5 cm³/mol. The lowest BCUT2D eigenvalue weighted by atomic mass is 10.3. The maximum Gasteiger partial charge on any atom is 0.352 e. The average Bonchev–Trinajstić information content (AvgIpc) is 2.22. The van der Waals surface area contributed by atoms with Crippen LogP contribution in [0.1, 0.15) is 5.69 Å². The van der Waals surface area contributed by atoms with Crippen LogP contribution in [-0.2, 0) is 4.74 Å². The van der Waals surface area contributed by atoms with Gasteiger partial charge >= 0.3 is 5.69 Å². The molecule has 1 saturated heterocycles. The summed E-state index contributed by atoms with van der Waals surface area (Å²) >= 11 is 0. The third kappa shape index (κ3) is 2.24. The van der Waals surface area contributed by atoms with Gasteiger partial charge in [0.25, 0.3) is 5.88 Å². The van der Waals surface area contributed by atoms with E-state index < -0.39 is 4.92 Å². The first-order chi connectivity index (χ1) is 8.11. The Balaban J connectivity index is 2.36. The summed E-state index contributed by atoms with van der Waals surface area (Å²) in [4.78, 5) is 18.0. The highest BCUT2D eigenvalue weighted by molar-refractivity contribution is 5.48. The normalized spacial score (nSPS) is 15.2.